The number of ketones is 1. The number of carbonyl (C=O) groups excluding carboxylic acids is 2. The van der Waals surface area contributed by atoms with E-state index in [1.165, 1.54) is 11.2 Å². The van der Waals surface area contributed by atoms with Crippen LogP contribution in [0.2, 0.25) is 0 Å². The summed E-state index contributed by atoms with van der Waals surface area (Å²) in [6, 6.07) is 17.2. The van der Waals surface area contributed by atoms with Crippen molar-refractivity contribution in [3.05, 3.63) is 95.0 Å². The van der Waals surface area contributed by atoms with Crippen molar-refractivity contribution >= 4 is 17.4 Å². The second kappa shape index (κ2) is 9.36. The molecule has 0 aliphatic carbocycles. The summed E-state index contributed by atoms with van der Waals surface area (Å²) in [7, 11) is 0. The minimum absolute atomic E-state index is 0.0630. The van der Waals surface area contributed by atoms with Gasteiger partial charge >= 0.3 is 0 Å². The largest absolute Gasteiger partial charge is 0.507 e. The first-order valence-corrected chi connectivity index (χ1v) is 11.0. The minimum atomic E-state index is -0.730. The smallest absolute Gasteiger partial charge is 0.296 e. The van der Waals surface area contributed by atoms with Gasteiger partial charge in [-0.2, -0.15) is 0 Å². The maximum absolute atomic E-state index is 13.1. The van der Waals surface area contributed by atoms with Gasteiger partial charge in [0.25, 0.3) is 11.7 Å². The molecule has 1 saturated heterocycles. The second-order valence-electron chi connectivity index (χ2n) is 8.65. The third-order valence-electron chi connectivity index (χ3n) is 5.52. The summed E-state index contributed by atoms with van der Waals surface area (Å²) in [4.78, 5) is 27.6. The summed E-state index contributed by atoms with van der Waals surface area (Å²) in [6.07, 6.45) is 1.52. The fourth-order valence-electron chi connectivity index (χ4n) is 3.93. The van der Waals surface area contributed by atoms with Gasteiger partial charge in [0, 0.05) is 5.56 Å². The zero-order chi connectivity index (χ0) is 23.5. The van der Waals surface area contributed by atoms with Gasteiger partial charge in [0.15, 0.2) is 0 Å². The molecule has 4 rings (SSSR count). The highest BCUT2D eigenvalue weighted by molar-refractivity contribution is 6.46. The number of aliphatic hydroxyl groups is 1. The van der Waals surface area contributed by atoms with Crippen molar-refractivity contribution in [1.82, 2.24) is 4.90 Å². The molecule has 0 radical (unpaired) electrons. The average molecular weight is 446 g/mol. The fraction of sp³-hybridized carbons (Fsp3) is 0.259. The molecule has 1 aliphatic heterocycles. The number of Topliss-reactive ketones (excluding diaryl/α,β-unsaturated/α-hetero) is 1. The Morgan fingerprint density at radius 1 is 1.09 bits per heavy atom. The lowest BCUT2D eigenvalue weighted by molar-refractivity contribution is -0.140. The zero-order valence-corrected chi connectivity index (χ0v) is 18.9. The summed E-state index contributed by atoms with van der Waals surface area (Å²) in [5.41, 5.74) is 2.25. The molecule has 0 spiro atoms. The highest BCUT2D eigenvalue weighted by Crippen LogP contribution is 2.40. The highest BCUT2D eigenvalue weighted by atomic mass is 16.5. The SMILES string of the molecule is Cc1cccc(C2/C(=C(/O)c3ccc(OCC(C)C)cc3)C(=O)C(=O)N2Cc2ccco2)c1. The third-order valence-corrected chi connectivity index (χ3v) is 5.52. The molecule has 170 valence electrons. The van der Waals surface area contributed by atoms with Crippen molar-refractivity contribution in [2.75, 3.05) is 6.61 Å². The number of amides is 1. The Kier molecular flexibility index (Phi) is 6.36. The van der Waals surface area contributed by atoms with Gasteiger partial charge in [0.05, 0.1) is 31.0 Å². The Bertz CT molecular complexity index is 1180. The maximum atomic E-state index is 13.1. The molecule has 0 bridgehead atoms. The first kappa shape index (κ1) is 22.4. The molecule has 0 saturated carbocycles. The molecule has 6 heteroatoms. The highest BCUT2D eigenvalue weighted by Gasteiger charge is 2.46. The number of rotatable bonds is 7. The van der Waals surface area contributed by atoms with Crippen molar-refractivity contribution in [1.29, 1.82) is 0 Å². The molecule has 1 N–H and O–H groups in total. The lowest BCUT2D eigenvalue weighted by atomic mass is 9.94. The van der Waals surface area contributed by atoms with Crippen molar-refractivity contribution in [2.45, 2.75) is 33.4 Å². The van der Waals surface area contributed by atoms with Gasteiger partial charge < -0.3 is 19.2 Å². The monoisotopic (exact) mass is 445 g/mol. The summed E-state index contributed by atoms with van der Waals surface area (Å²) >= 11 is 0. The fourth-order valence-corrected chi connectivity index (χ4v) is 3.93. The Labute approximate surface area is 193 Å². The molecule has 1 fully saturated rings. The van der Waals surface area contributed by atoms with Crippen LogP contribution >= 0.6 is 0 Å². The first-order valence-electron chi connectivity index (χ1n) is 11.0. The van der Waals surface area contributed by atoms with E-state index in [2.05, 4.69) is 13.8 Å². The van der Waals surface area contributed by atoms with Crippen LogP contribution < -0.4 is 4.74 Å². The molecule has 33 heavy (non-hydrogen) atoms. The maximum Gasteiger partial charge on any atom is 0.296 e. The number of ether oxygens (including phenoxy) is 1. The first-order chi connectivity index (χ1) is 15.8. The average Bonchev–Trinajstić information content (AvgIpc) is 3.40. The number of carbonyl (C=O) groups is 2. The van der Waals surface area contributed by atoms with E-state index in [-0.39, 0.29) is 17.9 Å². The molecule has 2 aromatic carbocycles. The molecular formula is C27H27NO5. The predicted molar refractivity (Wildman–Crippen MR) is 125 cm³/mol. The van der Waals surface area contributed by atoms with E-state index in [0.717, 1.165) is 11.1 Å². The molecular weight excluding hydrogens is 418 g/mol. The molecule has 1 amide bonds. The van der Waals surface area contributed by atoms with Crippen LogP contribution in [-0.2, 0) is 16.1 Å². The molecule has 1 aromatic heterocycles. The van der Waals surface area contributed by atoms with Crippen molar-refractivity contribution in [2.24, 2.45) is 5.92 Å². The van der Waals surface area contributed by atoms with E-state index in [0.29, 0.717) is 29.6 Å². The lowest BCUT2D eigenvalue weighted by Crippen LogP contribution is -2.29. The number of benzene rings is 2. The minimum Gasteiger partial charge on any atom is -0.507 e. The number of likely N-dealkylation sites (tertiary alicyclic amines) is 1. The zero-order valence-electron chi connectivity index (χ0n) is 18.9. The van der Waals surface area contributed by atoms with Gasteiger partial charge in [-0.25, -0.2) is 0 Å². The summed E-state index contributed by atoms with van der Waals surface area (Å²) in [5.74, 6) is 0.0201. The summed E-state index contributed by atoms with van der Waals surface area (Å²) in [5, 5.41) is 11.2. The van der Waals surface area contributed by atoms with Gasteiger partial charge in [-0.05, 0) is 54.8 Å². The number of hydrogen-bond donors (Lipinski definition) is 1. The van der Waals surface area contributed by atoms with Crippen LogP contribution in [0, 0.1) is 12.8 Å². The van der Waals surface area contributed by atoms with Gasteiger partial charge in [-0.3, -0.25) is 9.59 Å². The Morgan fingerprint density at radius 3 is 2.48 bits per heavy atom. The molecule has 3 aromatic rings. The van der Waals surface area contributed by atoms with Crippen LogP contribution in [0.4, 0.5) is 0 Å². The van der Waals surface area contributed by atoms with Crippen LogP contribution in [-0.4, -0.2) is 28.3 Å². The molecule has 2 heterocycles. The van der Waals surface area contributed by atoms with Crippen molar-refractivity contribution < 1.29 is 23.8 Å². The second-order valence-corrected chi connectivity index (χ2v) is 8.65. The van der Waals surface area contributed by atoms with E-state index in [1.807, 2.05) is 31.2 Å². The van der Waals surface area contributed by atoms with Crippen LogP contribution in [0.15, 0.2) is 76.9 Å². The van der Waals surface area contributed by atoms with Gasteiger partial charge in [0.1, 0.15) is 17.3 Å². The molecule has 1 unspecified atom stereocenters. The quantitative estimate of drug-likeness (QED) is 0.305. The van der Waals surface area contributed by atoms with E-state index in [4.69, 9.17) is 9.15 Å². The number of hydrogen-bond acceptors (Lipinski definition) is 5. The van der Waals surface area contributed by atoms with Crippen LogP contribution in [0.3, 0.4) is 0 Å². The lowest BCUT2D eigenvalue weighted by Gasteiger charge is -2.24. The van der Waals surface area contributed by atoms with E-state index in [1.54, 1.807) is 36.4 Å². The van der Waals surface area contributed by atoms with Gasteiger partial charge in [0.2, 0.25) is 0 Å². The number of aryl methyl sites for hydroxylation is 1. The Balaban J connectivity index is 1.76. The predicted octanol–water partition coefficient (Wildman–Crippen LogP) is 5.24. The number of nitrogens with zero attached hydrogens (tertiary/aromatic N) is 1. The summed E-state index contributed by atoms with van der Waals surface area (Å²) < 4.78 is 11.1. The van der Waals surface area contributed by atoms with Crippen LogP contribution in [0.1, 0.15) is 42.3 Å². The number of aliphatic hydroxyl groups excluding tert-OH is 1. The number of furan rings is 1. The van der Waals surface area contributed by atoms with E-state index < -0.39 is 17.7 Å². The Morgan fingerprint density at radius 2 is 1.85 bits per heavy atom. The standard InChI is InChI=1S/C27H27NO5/c1-17(2)16-33-21-11-9-19(10-12-21)25(29)23-24(20-7-4-6-18(3)14-20)28(27(31)26(23)30)15-22-8-5-13-32-22/h4-14,17,24,29H,15-16H2,1-3H3/b25-23-. The Hall–Kier alpha value is -3.80. The van der Waals surface area contributed by atoms with Crippen molar-refractivity contribution in [3.8, 4) is 5.75 Å². The van der Waals surface area contributed by atoms with Crippen molar-refractivity contribution in [3.63, 3.8) is 0 Å². The third kappa shape index (κ3) is 4.70. The van der Waals surface area contributed by atoms with E-state index >= 15 is 0 Å². The summed E-state index contributed by atoms with van der Waals surface area (Å²) in [6.45, 7) is 6.77. The topological polar surface area (TPSA) is 80.0 Å². The molecule has 1 aliphatic rings. The van der Waals surface area contributed by atoms with Crippen LogP contribution in [0.5, 0.6) is 5.75 Å². The molecule has 1 atom stereocenters. The van der Waals surface area contributed by atoms with E-state index in [9.17, 15) is 14.7 Å². The van der Waals surface area contributed by atoms with Gasteiger partial charge in [-0.1, -0.05) is 43.7 Å². The van der Waals surface area contributed by atoms with Gasteiger partial charge in [-0.15, -0.1) is 0 Å². The van der Waals surface area contributed by atoms with Crippen LogP contribution in [0.25, 0.3) is 5.76 Å². The molecule has 6 nitrogen and oxygen atoms in total. The normalized spacial score (nSPS) is 17.7.